The van der Waals surface area contributed by atoms with Gasteiger partial charge in [-0.1, -0.05) is 42.5 Å². The van der Waals surface area contributed by atoms with Gasteiger partial charge in [-0.05, 0) is 29.3 Å². The number of carbonyl (C=O) groups excluding carboxylic acids is 2. The second kappa shape index (κ2) is 5.65. The molecular weight excluding hydrogens is 282 g/mol. The molecule has 0 radical (unpaired) electrons. The number of benzene rings is 2. The van der Waals surface area contributed by atoms with Crippen LogP contribution < -0.4 is 5.11 Å². The van der Waals surface area contributed by atoms with Gasteiger partial charge in [-0.2, -0.15) is 0 Å². The van der Waals surface area contributed by atoms with Crippen LogP contribution in [0.4, 0.5) is 0 Å². The summed E-state index contributed by atoms with van der Waals surface area (Å²) >= 11 is 0. The molecule has 0 N–H and O–H groups in total. The average molecular weight is 292 g/mol. The van der Waals surface area contributed by atoms with Crippen molar-refractivity contribution in [3.8, 4) is 0 Å². The quantitative estimate of drug-likeness (QED) is 0.632. The smallest absolute Gasteiger partial charge is 0.363 e. The van der Waals surface area contributed by atoms with Crippen molar-refractivity contribution in [1.29, 1.82) is 0 Å². The lowest BCUT2D eigenvalue weighted by Crippen LogP contribution is -2.21. The number of hydrogen-bond donors (Lipinski definition) is 0. The van der Waals surface area contributed by atoms with Crippen molar-refractivity contribution in [3.05, 3.63) is 77.0 Å². The number of carboxylic acid groups (broad SMARTS) is 1. The number of aromatic carboxylic acids is 1. The van der Waals surface area contributed by atoms with Crippen LogP contribution in [0.3, 0.4) is 0 Å². The number of esters is 1. The molecule has 0 bridgehead atoms. The summed E-state index contributed by atoms with van der Waals surface area (Å²) in [6.07, 6.45) is 1.54. The zero-order chi connectivity index (χ0) is 15.5. The Morgan fingerprint density at radius 1 is 1.05 bits per heavy atom. The maximum Gasteiger partial charge on any atom is 0.363 e. The molecule has 0 saturated carbocycles. The predicted octanol–water partition coefficient (Wildman–Crippen LogP) is 1.39. The van der Waals surface area contributed by atoms with Crippen molar-refractivity contribution < 1.29 is 19.4 Å². The third-order valence-corrected chi connectivity index (χ3v) is 3.09. The fraction of sp³-hybridized carbons (Fsp3) is 0. The predicted molar refractivity (Wildman–Crippen MR) is 77.8 cm³/mol. The number of cyclic esters (lactones) is 1. The minimum absolute atomic E-state index is 0.0737. The first kappa shape index (κ1) is 13.8. The minimum atomic E-state index is -1.25. The van der Waals surface area contributed by atoms with Crippen LogP contribution >= 0.6 is 0 Å². The second-order valence-corrected chi connectivity index (χ2v) is 4.61. The molecule has 0 spiro atoms. The van der Waals surface area contributed by atoms with Gasteiger partial charge >= 0.3 is 5.97 Å². The lowest BCUT2D eigenvalue weighted by molar-refractivity contribution is -0.255. The Balaban J connectivity index is 1.89. The zero-order valence-electron chi connectivity index (χ0n) is 11.4. The van der Waals surface area contributed by atoms with Crippen molar-refractivity contribution in [2.75, 3.05) is 0 Å². The van der Waals surface area contributed by atoms with Crippen molar-refractivity contribution in [3.63, 3.8) is 0 Å². The molecule has 0 saturated heterocycles. The van der Waals surface area contributed by atoms with E-state index < -0.39 is 11.9 Å². The van der Waals surface area contributed by atoms with Gasteiger partial charge in [-0.15, -0.1) is 0 Å². The number of aliphatic imine (C=N–C) groups is 1. The highest BCUT2D eigenvalue weighted by molar-refractivity contribution is 6.12. The summed E-state index contributed by atoms with van der Waals surface area (Å²) in [7, 11) is 0. The Morgan fingerprint density at radius 3 is 2.36 bits per heavy atom. The first-order valence-electron chi connectivity index (χ1n) is 6.53. The molecule has 2 aromatic rings. The topological polar surface area (TPSA) is 78.8 Å². The molecule has 22 heavy (non-hydrogen) atoms. The Morgan fingerprint density at radius 2 is 1.73 bits per heavy atom. The van der Waals surface area contributed by atoms with Gasteiger partial charge < -0.3 is 14.6 Å². The van der Waals surface area contributed by atoms with Crippen LogP contribution in [0.15, 0.2) is 65.3 Å². The van der Waals surface area contributed by atoms with Gasteiger partial charge in [-0.25, -0.2) is 9.79 Å². The van der Waals surface area contributed by atoms with Crippen LogP contribution in [-0.4, -0.2) is 17.8 Å². The van der Waals surface area contributed by atoms with Crippen LogP contribution in [0.1, 0.15) is 21.5 Å². The van der Waals surface area contributed by atoms with Crippen LogP contribution in [0.25, 0.3) is 6.08 Å². The average Bonchev–Trinajstić information content (AvgIpc) is 2.90. The fourth-order valence-corrected chi connectivity index (χ4v) is 1.99. The number of rotatable bonds is 3. The molecule has 1 heterocycles. The molecule has 0 unspecified atom stereocenters. The van der Waals surface area contributed by atoms with E-state index in [0.717, 1.165) is 0 Å². The van der Waals surface area contributed by atoms with E-state index in [4.69, 9.17) is 4.74 Å². The molecule has 5 nitrogen and oxygen atoms in total. The standard InChI is InChI=1S/C17H11NO4/c19-16(20)13-8-6-11(7-9-13)10-14-17(21)22-15(18-14)12-4-2-1-3-5-12/h1-10H,(H,19,20)/p-1/b14-10-. The normalized spacial score (nSPS) is 15.5. The van der Waals surface area contributed by atoms with E-state index in [2.05, 4.69) is 4.99 Å². The molecule has 0 atom stereocenters. The second-order valence-electron chi connectivity index (χ2n) is 4.61. The summed E-state index contributed by atoms with van der Waals surface area (Å²) < 4.78 is 5.13. The van der Waals surface area contributed by atoms with Gasteiger partial charge in [0.25, 0.3) is 0 Å². The molecular formula is C17H10NO4-. The molecule has 0 aromatic heterocycles. The fourth-order valence-electron chi connectivity index (χ4n) is 1.99. The summed E-state index contributed by atoms with van der Waals surface area (Å²) in [4.78, 5) is 26.7. The third-order valence-electron chi connectivity index (χ3n) is 3.09. The van der Waals surface area contributed by atoms with Gasteiger partial charge in [-0.3, -0.25) is 0 Å². The first-order chi connectivity index (χ1) is 10.6. The summed E-state index contributed by atoms with van der Waals surface area (Å²) in [5, 5.41) is 10.7. The third kappa shape index (κ3) is 2.78. The van der Waals surface area contributed by atoms with Crippen LogP contribution in [-0.2, 0) is 9.53 Å². The van der Waals surface area contributed by atoms with Gasteiger partial charge in [0, 0.05) is 5.56 Å². The lowest BCUT2D eigenvalue weighted by Gasteiger charge is -2.01. The molecule has 1 aliphatic heterocycles. The molecule has 0 fully saturated rings. The van der Waals surface area contributed by atoms with Gasteiger partial charge in [0.2, 0.25) is 5.90 Å². The van der Waals surface area contributed by atoms with Crippen molar-refractivity contribution >= 4 is 23.9 Å². The number of hydrogen-bond acceptors (Lipinski definition) is 5. The molecule has 0 amide bonds. The number of carboxylic acids is 1. The highest BCUT2D eigenvalue weighted by Gasteiger charge is 2.23. The number of carbonyl (C=O) groups is 2. The highest BCUT2D eigenvalue weighted by atomic mass is 16.6. The summed E-state index contributed by atoms with van der Waals surface area (Å²) in [5.41, 5.74) is 1.60. The Kier molecular flexibility index (Phi) is 3.53. The summed E-state index contributed by atoms with van der Waals surface area (Å²) in [5.74, 6) is -1.53. The molecule has 3 rings (SSSR count). The first-order valence-corrected chi connectivity index (χ1v) is 6.53. The van der Waals surface area contributed by atoms with Crippen molar-refractivity contribution in [2.24, 2.45) is 4.99 Å². The monoisotopic (exact) mass is 292 g/mol. The van der Waals surface area contributed by atoms with Crippen molar-refractivity contribution in [1.82, 2.24) is 0 Å². The Labute approximate surface area is 126 Å². The van der Waals surface area contributed by atoms with Gasteiger partial charge in [0.1, 0.15) is 0 Å². The number of nitrogens with zero attached hydrogens (tertiary/aromatic N) is 1. The van der Waals surface area contributed by atoms with Gasteiger partial charge in [0.05, 0.1) is 5.97 Å². The van der Waals surface area contributed by atoms with Gasteiger partial charge in [0.15, 0.2) is 5.70 Å². The number of ether oxygens (including phenoxy) is 1. The maximum atomic E-state index is 11.8. The highest BCUT2D eigenvalue weighted by Crippen LogP contribution is 2.19. The van der Waals surface area contributed by atoms with E-state index in [-0.39, 0.29) is 17.2 Å². The van der Waals surface area contributed by atoms with E-state index in [1.54, 1.807) is 24.3 Å². The zero-order valence-corrected chi connectivity index (χ0v) is 11.4. The summed E-state index contributed by atoms with van der Waals surface area (Å²) in [6.45, 7) is 0. The van der Waals surface area contributed by atoms with E-state index in [1.165, 1.54) is 18.2 Å². The minimum Gasteiger partial charge on any atom is -0.545 e. The van der Waals surface area contributed by atoms with E-state index in [0.29, 0.717) is 11.1 Å². The van der Waals surface area contributed by atoms with Crippen LogP contribution in [0.2, 0.25) is 0 Å². The summed E-state index contributed by atoms with van der Waals surface area (Å²) in [6, 6.07) is 15.1. The molecule has 1 aliphatic rings. The Bertz CT molecular complexity index is 789. The van der Waals surface area contributed by atoms with Crippen LogP contribution in [0, 0.1) is 0 Å². The lowest BCUT2D eigenvalue weighted by atomic mass is 10.1. The molecule has 5 heteroatoms. The van der Waals surface area contributed by atoms with E-state index in [9.17, 15) is 14.7 Å². The van der Waals surface area contributed by atoms with E-state index in [1.807, 2.05) is 18.2 Å². The molecule has 108 valence electrons. The van der Waals surface area contributed by atoms with E-state index >= 15 is 0 Å². The van der Waals surface area contributed by atoms with Crippen molar-refractivity contribution in [2.45, 2.75) is 0 Å². The molecule has 2 aromatic carbocycles. The molecule has 0 aliphatic carbocycles. The largest absolute Gasteiger partial charge is 0.545 e. The Hall–Kier alpha value is -3.21. The van der Waals surface area contributed by atoms with Crippen LogP contribution in [0.5, 0.6) is 0 Å². The SMILES string of the molecule is O=C1OC(c2ccccc2)=N/C1=C\c1ccc(C(=O)[O-])cc1. The maximum absolute atomic E-state index is 11.8.